The standard InChI is InChI=1S/C19H28O4/c1-4-6-8-13-22-18(20)16-12-10-11-15(3)17(16)19(21)23-14-9-7-5-2/h10-12H,4-9,13-14H2,1-3H3. The summed E-state index contributed by atoms with van der Waals surface area (Å²) >= 11 is 0. The molecular weight excluding hydrogens is 292 g/mol. The third-order valence-electron chi connectivity index (χ3n) is 3.66. The number of carbonyl (C=O) groups is 2. The maximum absolute atomic E-state index is 12.3. The van der Waals surface area contributed by atoms with Crippen LogP contribution in [0.15, 0.2) is 18.2 Å². The Kier molecular flexibility index (Phi) is 9.03. The summed E-state index contributed by atoms with van der Waals surface area (Å²) in [4.78, 5) is 24.5. The van der Waals surface area contributed by atoms with Crippen molar-refractivity contribution in [3.05, 3.63) is 34.9 Å². The van der Waals surface area contributed by atoms with Gasteiger partial charge in [-0.05, 0) is 31.4 Å². The third-order valence-corrected chi connectivity index (χ3v) is 3.66. The maximum atomic E-state index is 12.3. The molecule has 0 aliphatic rings. The molecule has 0 fully saturated rings. The minimum atomic E-state index is -0.453. The molecule has 0 saturated heterocycles. The lowest BCUT2D eigenvalue weighted by Gasteiger charge is -2.12. The molecule has 23 heavy (non-hydrogen) atoms. The quantitative estimate of drug-likeness (QED) is 0.463. The SMILES string of the molecule is CCCCCOC(=O)c1cccc(C)c1C(=O)OCCCCC. The Morgan fingerprint density at radius 3 is 2.00 bits per heavy atom. The number of unbranched alkanes of at least 4 members (excludes halogenated alkanes) is 4. The largest absolute Gasteiger partial charge is 0.462 e. The number of aryl methyl sites for hydroxylation is 1. The van der Waals surface area contributed by atoms with Crippen LogP contribution in [0, 0.1) is 6.92 Å². The number of rotatable bonds is 10. The first-order valence-corrected chi connectivity index (χ1v) is 8.55. The predicted molar refractivity (Wildman–Crippen MR) is 90.8 cm³/mol. The molecule has 1 rings (SSSR count). The molecule has 128 valence electrons. The summed E-state index contributed by atoms with van der Waals surface area (Å²) in [6, 6.07) is 5.18. The number of ether oxygens (including phenoxy) is 2. The van der Waals surface area contributed by atoms with Gasteiger partial charge < -0.3 is 9.47 Å². The van der Waals surface area contributed by atoms with E-state index in [1.165, 1.54) is 0 Å². The van der Waals surface area contributed by atoms with Crippen LogP contribution in [0.2, 0.25) is 0 Å². The highest BCUT2D eigenvalue weighted by atomic mass is 16.5. The van der Waals surface area contributed by atoms with E-state index in [-0.39, 0.29) is 0 Å². The molecule has 0 aromatic heterocycles. The topological polar surface area (TPSA) is 52.6 Å². The summed E-state index contributed by atoms with van der Waals surface area (Å²) in [7, 11) is 0. The molecule has 1 aromatic carbocycles. The van der Waals surface area contributed by atoms with Gasteiger partial charge in [0.2, 0.25) is 0 Å². The van der Waals surface area contributed by atoms with Crippen LogP contribution in [-0.4, -0.2) is 25.2 Å². The Labute approximate surface area is 139 Å². The van der Waals surface area contributed by atoms with Crippen molar-refractivity contribution < 1.29 is 19.1 Å². The van der Waals surface area contributed by atoms with E-state index in [4.69, 9.17) is 9.47 Å². The van der Waals surface area contributed by atoms with Gasteiger partial charge in [-0.1, -0.05) is 51.7 Å². The van der Waals surface area contributed by atoms with E-state index < -0.39 is 11.9 Å². The molecule has 0 spiro atoms. The average Bonchev–Trinajstić information content (AvgIpc) is 2.55. The second-order valence-corrected chi connectivity index (χ2v) is 5.68. The lowest BCUT2D eigenvalue weighted by molar-refractivity contribution is 0.0450. The van der Waals surface area contributed by atoms with Crippen molar-refractivity contribution in [2.75, 3.05) is 13.2 Å². The van der Waals surface area contributed by atoms with Gasteiger partial charge in [0.1, 0.15) is 0 Å². The fourth-order valence-corrected chi connectivity index (χ4v) is 2.29. The molecule has 0 unspecified atom stereocenters. The van der Waals surface area contributed by atoms with Crippen LogP contribution in [-0.2, 0) is 9.47 Å². The minimum Gasteiger partial charge on any atom is -0.462 e. The smallest absolute Gasteiger partial charge is 0.339 e. The van der Waals surface area contributed by atoms with E-state index in [0.717, 1.165) is 44.1 Å². The lowest BCUT2D eigenvalue weighted by Crippen LogP contribution is -2.16. The molecule has 0 aliphatic heterocycles. The molecule has 0 bridgehead atoms. The summed E-state index contributed by atoms with van der Waals surface area (Å²) in [5.41, 5.74) is 1.35. The summed E-state index contributed by atoms with van der Waals surface area (Å²) in [5, 5.41) is 0. The van der Waals surface area contributed by atoms with Gasteiger partial charge in [0.05, 0.1) is 24.3 Å². The van der Waals surface area contributed by atoms with Crippen LogP contribution >= 0.6 is 0 Å². The first kappa shape index (κ1) is 19.2. The zero-order chi connectivity index (χ0) is 17.1. The molecule has 0 saturated carbocycles. The van der Waals surface area contributed by atoms with Crippen LogP contribution in [0.5, 0.6) is 0 Å². The molecule has 0 heterocycles. The Bertz CT molecular complexity index is 508. The molecule has 4 nitrogen and oxygen atoms in total. The number of hydrogen-bond acceptors (Lipinski definition) is 4. The minimum absolute atomic E-state index is 0.294. The zero-order valence-electron chi connectivity index (χ0n) is 14.5. The molecule has 0 aliphatic carbocycles. The van der Waals surface area contributed by atoms with E-state index in [9.17, 15) is 9.59 Å². The third kappa shape index (κ3) is 6.43. The van der Waals surface area contributed by atoms with Gasteiger partial charge in [-0.25, -0.2) is 9.59 Å². The van der Waals surface area contributed by atoms with Crippen LogP contribution in [0.3, 0.4) is 0 Å². The summed E-state index contributed by atoms with van der Waals surface area (Å²) in [5.74, 6) is -0.898. The highest BCUT2D eigenvalue weighted by Gasteiger charge is 2.21. The van der Waals surface area contributed by atoms with E-state index in [1.807, 2.05) is 0 Å². The first-order chi connectivity index (χ1) is 11.1. The second kappa shape index (κ2) is 10.8. The number of benzene rings is 1. The zero-order valence-corrected chi connectivity index (χ0v) is 14.5. The van der Waals surface area contributed by atoms with Gasteiger partial charge in [-0.3, -0.25) is 0 Å². The van der Waals surface area contributed by atoms with Crippen molar-refractivity contribution in [2.24, 2.45) is 0 Å². The van der Waals surface area contributed by atoms with Crippen molar-refractivity contribution in [1.29, 1.82) is 0 Å². The van der Waals surface area contributed by atoms with E-state index >= 15 is 0 Å². The fraction of sp³-hybridized carbons (Fsp3) is 0.579. The Morgan fingerprint density at radius 2 is 1.43 bits per heavy atom. The fourth-order valence-electron chi connectivity index (χ4n) is 2.29. The van der Waals surface area contributed by atoms with Crippen LogP contribution in [0.1, 0.15) is 78.7 Å². The number of carbonyl (C=O) groups excluding carboxylic acids is 2. The predicted octanol–water partition coefficient (Wildman–Crippen LogP) is 4.69. The molecule has 0 amide bonds. The maximum Gasteiger partial charge on any atom is 0.339 e. The molecule has 0 radical (unpaired) electrons. The van der Waals surface area contributed by atoms with Gasteiger partial charge in [-0.15, -0.1) is 0 Å². The highest BCUT2D eigenvalue weighted by molar-refractivity contribution is 6.04. The summed E-state index contributed by atoms with van der Waals surface area (Å²) in [6.07, 6.45) is 5.85. The molecule has 1 aromatic rings. The van der Waals surface area contributed by atoms with Crippen molar-refractivity contribution >= 4 is 11.9 Å². The average molecular weight is 320 g/mol. The summed E-state index contributed by atoms with van der Waals surface area (Å²) < 4.78 is 10.6. The Hall–Kier alpha value is -1.84. The highest BCUT2D eigenvalue weighted by Crippen LogP contribution is 2.17. The van der Waals surface area contributed by atoms with Crippen LogP contribution in [0.4, 0.5) is 0 Å². The van der Waals surface area contributed by atoms with E-state index in [0.29, 0.717) is 24.3 Å². The van der Waals surface area contributed by atoms with Crippen molar-refractivity contribution in [3.8, 4) is 0 Å². The van der Waals surface area contributed by atoms with Gasteiger partial charge >= 0.3 is 11.9 Å². The van der Waals surface area contributed by atoms with Crippen LogP contribution in [0.25, 0.3) is 0 Å². The van der Waals surface area contributed by atoms with Crippen LogP contribution < -0.4 is 0 Å². The number of esters is 2. The van der Waals surface area contributed by atoms with E-state index in [1.54, 1.807) is 25.1 Å². The number of hydrogen-bond donors (Lipinski definition) is 0. The molecule has 0 atom stereocenters. The normalized spacial score (nSPS) is 10.4. The van der Waals surface area contributed by atoms with Gasteiger partial charge in [0.25, 0.3) is 0 Å². The lowest BCUT2D eigenvalue weighted by atomic mass is 10.0. The first-order valence-electron chi connectivity index (χ1n) is 8.55. The van der Waals surface area contributed by atoms with Gasteiger partial charge in [0.15, 0.2) is 0 Å². The van der Waals surface area contributed by atoms with Gasteiger partial charge in [-0.2, -0.15) is 0 Å². The second-order valence-electron chi connectivity index (χ2n) is 5.68. The molecular formula is C19H28O4. The van der Waals surface area contributed by atoms with Crippen molar-refractivity contribution in [3.63, 3.8) is 0 Å². The van der Waals surface area contributed by atoms with E-state index in [2.05, 4.69) is 13.8 Å². The van der Waals surface area contributed by atoms with Crippen molar-refractivity contribution in [1.82, 2.24) is 0 Å². The molecule has 4 heteroatoms. The Balaban J connectivity index is 2.74. The Morgan fingerprint density at radius 1 is 0.870 bits per heavy atom. The van der Waals surface area contributed by atoms with Crippen molar-refractivity contribution in [2.45, 2.75) is 59.3 Å². The summed E-state index contributed by atoms with van der Waals surface area (Å²) in [6.45, 7) is 6.75. The molecule has 0 N–H and O–H groups in total. The monoisotopic (exact) mass is 320 g/mol. The van der Waals surface area contributed by atoms with Gasteiger partial charge in [0, 0.05) is 0 Å².